The van der Waals surface area contributed by atoms with Gasteiger partial charge in [-0.25, -0.2) is 4.99 Å². The number of anilines is 1. The van der Waals surface area contributed by atoms with Crippen LogP contribution < -0.4 is 5.32 Å². The molecule has 1 aliphatic heterocycles. The minimum absolute atomic E-state index is 0.799. The zero-order valence-corrected chi connectivity index (χ0v) is 12.3. The molecular formula is C20H13N3. The third kappa shape index (κ3) is 1.83. The molecule has 3 heteroatoms. The van der Waals surface area contributed by atoms with Crippen LogP contribution in [0.15, 0.2) is 77.9 Å². The van der Waals surface area contributed by atoms with Crippen LogP contribution in [0, 0.1) is 0 Å². The van der Waals surface area contributed by atoms with E-state index in [0.29, 0.717) is 0 Å². The number of hydrogen-bond acceptors (Lipinski definition) is 3. The first-order valence-electron chi connectivity index (χ1n) is 7.62. The number of benzene rings is 3. The van der Waals surface area contributed by atoms with E-state index < -0.39 is 0 Å². The highest BCUT2D eigenvalue weighted by molar-refractivity contribution is 6.21. The minimum atomic E-state index is 0.799. The average Bonchev–Trinajstić information content (AvgIpc) is 2.61. The fourth-order valence-corrected chi connectivity index (χ4v) is 3.21. The third-order valence-corrected chi connectivity index (χ3v) is 4.27. The number of nitrogens with one attached hydrogen (secondary N) is 1. The monoisotopic (exact) mass is 295 g/mol. The number of hydrogen-bond donors (Lipinski definition) is 1. The van der Waals surface area contributed by atoms with Crippen molar-refractivity contribution in [2.24, 2.45) is 4.99 Å². The van der Waals surface area contributed by atoms with Crippen molar-refractivity contribution in [1.82, 2.24) is 4.98 Å². The number of pyridine rings is 1. The number of rotatable bonds is 1. The van der Waals surface area contributed by atoms with Crippen molar-refractivity contribution in [2.45, 2.75) is 0 Å². The lowest BCUT2D eigenvalue weighted by atomic mass is 10.0. The maximum absolute atomic E-state index is 4.83. The van der Waals surface area contributed by atoms with Gasteiger partial charge in [-0.3, -0.25) is 4.98 Å². The van der Waals surface area contributed by atoms with Gasteiger partial charge in [-0.05, 0) is 29.0 Å². The fourth-order valence-electron chi connectivity index (χ4n) is 3.21. The average molecular weight is 295 g/mol. The van der Waals surface area contributed by atoms with Gasteiger partial charge in [-0.15, -0.1) is 0 Å². The van der Waals surface area contributed by atoms with E-state index in [1.165, 1.54) is 16.2 Å². The van der Waals surface area contributed by atoms with E-state index in [-0.39, 0.29) is 0 Å². The van der Waals surface area contributed by atoms with Gasteiger partial charge < -0.3 is 5.32 Å². The van der Waals surface area contributed by atoms with E-state index in [2.05, 4.69) is 52.8 Å². The number of aromatic nitrogens is 1. The third-order valence-electron chi connectivity index (χ3n) is 4.27. The minimum Gasteiger partial charge on any atom is -0.338 e. The molecule has 0 aliphatic carbocycles. The quantitative estimate of drug-likeness (QED) is 0.542. The first-order chi connectivity index (χ1) is 11.4. The molecule has 5 rings (SSSR count). The Morgan fingerprint density at radius 1 is 0.739 bits per heavy atom. The molecule has 4 aromatic rings. The molecule has 0 bridgehead atoms. The van der Waals surface area contributed by atoms with E-state index in [0.717, 1.165) is 28.3 Å². The first-order valence-corrected chi connectivity index (χ1v) is 7.62. The Bertz CT molecular complexity index is 1090. The van der Waals surface area contributed by atoms with E-state index in [1.807, 2.05) is 30.5 Å². The van der Waals surface area contributed by atoms with Crippen LogP contribution in [-0.4, -0.2) is 10.8 Å². The second kappa shape index (κ2) is 4.65. The predicted octanol–water partition coefficient (Wildman–Crippen LogP) is 4.89. The van der Waals surface area contributed by atoms with Gasteiger partial charge in [-0.2, -0.15) is 0 Å². The van der Waals surface area contributed by atoms with E-state index in [4.69, 9.17) is 4.99 Å². The predicted molar refractivity (Wildman–Crippen MR) is 95.5 cm³/mol. The Kier molecular flexibility index (Phi) is 2.50. The fraction of sp³-hybridized carbons (Fsp3) is 0. The van der Waals surface area contributed by atoms with E-state index in [1.54, 1.807) is 0 Å². The highest BCUT2D eigenvalue weighted by atomic mass is 15.0. The second-order valence-corrected chi connectivity index (χ2v) is 5.65. The normalized spacial score (nSPS) is 13.0. The Morgan fingerprint density at radius 3 is 2.52 bits per heavy atom. The molecule has 23 heavy (non-hydrogen) atoms. The molecule has 1 aromatic heterocycles. The SMILES string of the molecule is c1ccc2c(C3=Nc4cccc5cccc(c45)N3)nccc2c1. The summed E-state index contributed by atoms with van der Waals surface area (Å²) in [7, 11) is 0. The maximum atomic E-state index is 4.83. The van der Waals surface area contributed by atoms with Crippen molar-refractivity contribution in [3.63, 3.8) is 0 Å². The summed E-state index contributed by atoms with van der Waals surface area (Å²) >= 11 is 0. The molecule has 108 valence electrons. The highest BCUT2D eigenvalue weighted by Crippen LogP contribution is 2.36. The highest BCUT2D eigenvalue weighted by Gasteiger charge is 2.17. The summed E-state index contributed by atoms with van der Waals surface area (Å²) in [5, 5.41) is 8.09. The number of fused-ring (bicyclic) bond motifs is 1. The summed E-state index contributed by atoms with van der Waals surface area (Å²) in [4.78, 5) is 9.40. The van der Waals surface area contributed by atoms with Gasteiger partial charge in [0.2, 0.25) is 0 Å². The van der Waals surface area contributed by atoms with E-state index >= 15 is 0 Å². The Hall–Kier alpha value is -3.20. The number of nitrogens with zero attached hydrogens (tertiary/aromatic N) is 2. The van der Waals surface area contributed by atoms with Crippen LogP contribution in [0.5, 0.6) is 0 Å². The van der Waals surface area contributed by atoms with Crippen molar-refractivity contribution < 1.29 is 0 Å². The smallest absolute Gasteiger partial charge is 0.157 e. The summed E-state index contributed by atoms with van der Waals surface area (Å²) in [5.41, 5.74) is 2.95. The molecule has 1 N–H and O–H groups in total. The van der Waals surface area contributed by atoms with Crippen LogP contribution in [-0.2, 0) is 0 Å². The van der Waals surface area contributed by atoms with Crippen LogP contribution in [0.25, 0.3) is 21.5 Å². The van der Waals surface area contributed by atoms with Crippen molar-refractivity contribution in [1.29, 1.82) is 0 Å². The zero-order chi connectivity index (χ0) is 15.2. The number of amidine groups is 1. The summed E-state index contributed by atoms with van der Waals surface area (Å²) < 4.78 is 0. The van der Waals surface area contributed by atoms with Gasteiger partial charge in [-0.1, -0.05) is 48.5 Å². The molecule has 0 fully saturated rings. The Balaban J connectivity index is 1.79. The van der Waals surface area contributed by atoms with Crippen molar-refractivity contribution >= 4 is 38.8 Å². The zero-order valence-electron chi connectivity index (χ0n) is 12.3. The van der Waals surface area contributed by atoms with Crippen LogP contribution in [0.2, 0.25) is 0 Å². The summed E-state index contributed by atoms with van der Waals surface area (Å²) in [5.74, 6) is 0.799. The summed E-state index contributed by atoms with van der Waals surface area (Å²) in [6.07, 6.45) is 1.84. The Labute approximate surface area is 133 Å². The van der Waals surface area contributed by atoms with Crippen LogP contribution >= 0.6 is 0 Å². The maximum Gasteiger partial charge on any atom is 0.157 e. The molecule has 0 unspecified atom stereocenters. The van der Waals surface area contributed by atoms with Gasteiger partial charge in [0.1, 0.15) is 5.69 Å². The molecule has 0 radical (unpaired) electrons. The van der Waals surface area contributed by atoms with Crippen molar-refractivity contribution in [3.05, 3.63) is 78.6 Å². The Morgan fingerprint density at radius 2 is 1.57 bits per heavy atom. The molecule has 0 spiro atoms. The molecule has 0 saturated carbocycles. The number of aliphatic imine (C=N–C) groups is 1. The molecule has 3 nitrogen and oxygen atoms in total. The van der Waals surface area contributed by atoms with Gasteiger partial charge in [0, 0.05) is 22.7 Å². The lowest BCUT2D eigenvalue weighted by Gasteiger charge is -2.19. The van der Waals surface area contributed by atoms with Crippen LogP contribution in [0.1, 0.15) is 5.69 Å². The van der Waals surface area contributed by atoms with Gasteiger partial charge in [0.15, 0.2) is 5.84 Å². The molecule has 0 atom stereocenters. The first kappa shape index (κ1) is 12.4. The topological polar surface area (TPSA) is 37.3 Å². The molecular weight excluding hydrogens is 282 g/mol. The summed E-state index contributed by atoms with van der Waals surface area (Å²) in [6, 6.07) is 22.8. The molecule has 1 aliphatic rings. The molecule has 0 saturated heterocycles. The van der Waals surface area contributed by atoms with Crippen LogP contribution in [0.4, 0.5) is 11.4 Å². The standard InChI is InChI=1S/C20H13N3/c1-2-8-15-13(5-1)11-12-21-19(15)20-22-16-9-3-6-14-7-4-10-17(23-20)18(14)16/h1-12H,(H,22,23). The van der Waals surface area contributed by atoms with Gasteiger partial charge in [0.05, 0.1) is 5.69 Å². The van der Waals surface area contributed by atoms with Crippen molar-refractivity contribution in [3.8, 4) is 0 Å². The largest absolute Gasteiger partial charge is 0.338 e. The van der Waals surface area contributed by atoms with Crippen LogP contribution in [0.3, 0.4) is 0 Å². The lowest BCUT2D eigenvalue weighted by molar-refractivity contribution is 1.31. The van der Waals surface area contributed by atoms with Gasteiger partial charge >= 0.3 is 0 Å². The lowest BCUT2D eigenvalue weighted by Crippen LogP contribution is -2.18. The van der Waals surface area contributed by atoms with E-state index in [9.17, 15) is 0 Å². The second-order valence-electron chi connectivity index (χ2n) is 5.65. The summed E-state index contributed by atoms with van der Waals surface area (Å²) in [6.45, 7) is 0. The molecule has 3 aromatic carbocycles. The molecule has 2 heterocycles. The van der Waals surface area contributed by atoms with Gasteiger partial charge in [0.25, 0.3) is 0 Å². The molecule has 0 amide bonds. The van der Waals surface area contributed by atoms with Crippen molar-refractivity contribution in [2.75, 3.05) is 5.32 Å².